The van der Waals surface area contributed by atoms with Gasteiger partial charge >= 0.3 is 0 Å². The molecule has 0 unspecified atom stereocenters. The minimum absolute atomic E-state index is 0.225. The van der Waals surface area contributed by atoms with Crippen molar-refractivity contribution in [1.82, 2.24) is 20.3 Å². The van der Waals surface area contributed by atoms with Gasteiger partial charge in [-0.1, -0.05) is 5.21 Å². The fraction of sp³-hybridized carbons (Fsp3) is 0.727. The molecule has 0 radical (unpaired) electrons. The lowest BCUT2D eigenvalue weighted by molar-refractivity contribution is 0.0914. The van der Waals surface area contributed by atoms with E-state index in [1.807, 2.05) is 20.8 Å². The van der Waals surface area contributed by atoms with Crippen LogP contribution >= 0.6 is 0 Å². The molecule has 0 aliphatic heterocycles. The van der Waals surface area contributed by atoms with E-state index in [0.717, 1.165) is 0 Å². The molecule has 1 aromatic rings. The lowest BCUT2D eigenvalue weighted by Gasteiger charge is -2.19. The normalized spacial score (nSPS) is 11.6. The highest BCUT2D eigenvalue weighted by Gasteiger charge is 2.17. The summed E-state index contributed by atoms with van der Waals surface area (Å²) in [6.45, 7) is 7.81. The molecule has 0 saturated heterocycles. The number of nitrogens with one attached hydrogen (secondary N) is 1. The maximum atomic E-state index is 11.8. The Bertz CT molecular complexity index is 383. The third kappa shape index (κ3) is 5.24. The second kappa shape index (κ2) is 6.46. The number of aromatic nitrogens is 3. The second-order valence-corrected chi connectivity index (χ2v) is 4.97. The van der Waals surface area contributed by atoms with Crippen molar-refractivity contribution < 1.29 is 9.53 Å². The van der Waals surface area contributed by atoms with Crippen LogP contribution in [0.3, 0.4) is 0 Å². The van der Waals surface area contributed by atoms with Gasteiger partial charge in [-0.15, -0.1) is 5.10 Å². The maximum Gasteiger partial charge on any atom is 0.273 e. The van der Waals surface area contributed by atoms with E-state index >= 15 is 0 Å². The predicted octanol–water partition coefficient (Wildman–Crippen LogP) is -0.218. The first-order valence-corrected chi connectivity index (χ1v) is 5.93. The van der Waals surface area contributed by atoms with Crippen molar-refractivity contribution in [3.8, 4) is 0 Å². The van der Waals surface area contributed by atoms with E-state index in [-0.39, 0.29) is 11.4 Å². The minimum Gasteiger partial charge on any atom is -0.378 e. The standard InChI is InChI=1S/C11H21N5O2/c1-11(2,3)13-10(17)9-8-16(15-14-9)5-7-18-6-4-12/h8H,4-7,12H2,1-3H3,(H,13,17). The van der Waals surface area contributed by atoms with Gasteiger partial charge in [0, 0.05) is 12.1 Å². The van der Waals surface area contributed by atoms with Gasteiger partial charge < -0.3 is 15.8 Å². The van der Waals surface area contributed by atoms with Crippen molar-refractivity contribution in [2.24, 2.45) is 5.73 Å². The fourth-order valence-corrected chi connectivity index (χ4v) is 1.26. The molecule has 0 fully saturated rings. The van der Waals surface area contributed by atoms with Crippen molar-refractivity contribution in [3.63, 3.8) is 0 Å². The van der Waals surface area contributed by atoms with Crippen LogP contribution in [0.1, 0.15) is 31.3 Å². The Balaban J connectivity index is 2.45. The number of ether oxygens (including phenoxy) is 1. The first-order chi connectivity index (χ1) is 8.42. The zero-order valence-electron chi connectivity index (χ0n) is 11.1. The number of amides is 1. The average Bonchev–Trinajstić information content (AvgIpc) is 2.71. The molecule has 0 aromatic carbocycles. The molecule has 1 aromatic heterocycles. The Morgan fingerprint density at radius 1 is 1.50 bits per heavy atom. The molecule has 1 rings (SSSR count). The van der Waals surface area contributed by atoms with Crippen LogP contribution in [0.2, 0.25) is 0 Å². The van der Waals surface area contributed by atoms with E-state index in [9.17, 15) is 4.79 Å². The highest BCUT2D eigenvalue weighted by Crippen LogP contribution is 2.01. The number of carbonyl (C=O) groups is 1. The molecule has 7 nitrogen and oxygen atoms in total. The second-order valence-electron chi connectivity index (χ2n) is 4.97. The van der Waals surface area contributed by atoms with Gasteiger partial charge in [-0.3, -0.25) is 4.79 Å². The van der Waals surface area contributed by atoms with Crippen molar-refractivity contribution >= 4 is 5.91 Å². The minimum atomic E-state index is -0.287. The highest BCUT2D eigenvalue weighted by molar-refractivity contribution is 5.92. The molecule has 3 N–H and O–H groups in total. The van der Waals surface area contributed by atoms with E-state index in [4.69, 9.17) is 10.5 Å². The summed E-state index contributed by atoms with van der Waals surface area (Å²) in [5.41, 5.74) is 5.32. The van der Waals surface area contributed by atoms with Gasteiger partial charge in [0.05, 0.1) is 26.0 Å². The van der Waals surface area contributed by atoms with Gasteiger partial charge in [0.1, 0.15) is 0 Å². The van der Waals surface area contributed by atoms with E-state index in [0.29, 0.717) is 32.0 Å². The molecule has 0 bridgehead atoms. The van der Waals surface area contributed by atoms with Gasteiger partial charge in [0.2, 0.25) is 0 Å². The number of rotatable bonds is 6. The quantitative estimate of drug-likeness (QED) is 0.685. The van der Waals surface area contributed by atoms with Crippen LogP contribution < -0.4 is 11.1 Å². The van der Waals surface area contributed by atoms with Crippen LogP contribution in [0.15, 0.2) is 6.20 Å². The summed E-state index contributed by atoms with van der Waals surface area (Å²) in [4.78, 5) is 11.8. The van der Waals surface area contributed by atoms with Crippen LogP contribution in [0, 0.1) is 0 Å². The van der Waals surface area contributed by atoms with Crippen LogP contribution in [-0.4, -0.2) is 46.2 Å². The summed E-state index contributed by atoms with van der Waals surface area (Å²) in [6.07, 6.45) is 1.60. The molecule has 0 spiro atoms. The molecule has 1 heterocycles. The van der Waals surface area contributed by atoms with Crippen molar-refractivity contribution in [2.75, 3.05) is 19.8 Å². The number of nitrogens with zero attached hydrogens (tertiary/aromatic N) is 3. The third-order valence-electron chi connectivity index (χ3n) is 1.99. The topological polar surface area (TPSA) is 95.1 Å². The van der Waals surface area contributed by atoms with Gasteiger partial charge in [-0.2, -0.15) is 0 Å². The molecule has 0 saturated carbocycles. The highest BCUT2D eigenvalue weighted by atomic mass is 16.5. The lowest BCUT2D eigenvalue weighted by Crippen LogP contribution is -2.40. The Hall–Kier alpha value is -1.47. The predicted molar refractivity (Wildman–Crippen MR) is 67.1 cm³/mol. The smallest absolute Gasteiger partial charge is 0.273 e. The Kier molecular flexibility index (Phi) is 5.24. The van der Waals surface area contributed by atoms with Gasteiger partial charge in [-0.05, 0) is 20.8 Å². The molecular weight excluding hydrogens is 234 g/mol. The van der Waals surface area contributed by atoms with E-state index < -0.39 is 0 Å². The average molecular weight is 255 g/mol. The monoisotopic (exact) mass is 255 g/mol. The maximum absolute atomic E-state index is 11.8. The molecule has 7 heteroatoms. The fourth-order valence-electron chi connectivity index (χ4n) is 1.26. The summed E-state index contributed by atoms with van der Waals surface area (Å²) >= 11 is 0. The van der Waals surface area contributed by atoms with Crippen molar-refractivity contribution in [1.29, 1.82) is 0 Å². The first kappa shape index (κ1) is 14.6. The van der Waals surface area contributed by atoms with E-state index in [2.05, 4.69) is 15.6 Å². The summed E-state index contributed by atoms with van der Waals surface area (Å²) in [5.74, 6) is -0.225. The molecule has 0 atom stereocenters. The molecule has 102 valence electrons. The number of carbonyl (C=O) groups excluding carboxylic acids is 1. The lowest BCUT2D eigenvalue weighted by atomic mass is 10.1. The molecule has 1 amide bonds. The first-order valence-electron chi connectivity index (χ1n) is 5.93. The number of hydrogen-bond acceptors (Lipinski definition) is 5. The molecule has 0 aliphatic carbocycles. The summed E-state index contributed by atoms with van der Waals surface area (Å²) in [6, 6.07) is 0. The van der Waals surface area contributed by atoms with Crippen molar-refractivity contribution in [3.05, 3.63) is 11.9 Å². The van der Waals surface area contributed by atoms with E-state index in [1.165, 1.54) is 0 Å². The summed E-state index contributed by atoms with van der Waals surface area (Å²) in [7, 11) is 0. The Morgan fingerprint density at radius 3 is 2.83 bits per heavy atom. The Labute approximate surface area is 107 Å². The molecular formula is C11H21N5O2. The third-order valence-corrected chi connectivity index (χ3v) is 1.99. The summed E-state index contributed by atoms with van der Waals surface area (Å²) in [5, 5.41) is 10.5. The number of hydrogen-bond donors (Lipinski definition) is 2. The van der Waals surface area contributed by atoms with Gasteiger partial charge in [0.25, 0.3) is 5.91 Å². The number of nitrogens with two attached hydrogens (primary N) is 1. The zero-order chi connectivity index (χ0) is 13.6. The van der Waals surface area contributed by atoms with Crippen LogP contribution in [0.25, 0.3) is 0 Å². The largest absolute Gasteiger partial charge is 0.378 e. The SMILES string of the molecule is CC(C)(C)NC(=O)c1cn(CCOCCN)nn1. The van der Waals surface area contributed by atoms with E-state index in [1.54, 1.807) is 10.9 Å². The van der Waals surface area contributed by atoms with Crippen LogP contribution in [0.5, 0.6) is 0 Å². The molecule has 18 heavy (non-hydrogen) atoms. The van der Waals surface area contributed by atoms with Gasteiger partial charge in [-0.25, -0.2) is 4.68 Å². The summed E-state index contributed by atoms with van der Waals surface area (Å²) < 4.78 is 6.80. The zero-order valence-corrected chi connectivity index (χ0v) is 11.1. The van der Waals surface area contributed by atoms with Crippen LogP contribution in [-0.2, 0) is 11.3 Å². The van der Waals surface area contributed by atoms with Crippen LogP contribution in [0.4, 0.5) is 0 Å². The van der Waals surface area contributed by atoms with Crippen molar-refractivity contribution in [2.45, 2.75) is 32.9 Å². The Morgan fingerprint density at radius 2 is 2.22 bits per heavy atom. The van der Waals surface area contributed by atoms with Gasteiger partial charge in [0.15, 0.2) is 5.69 Å². The molecule has 0 aliphatic rings.